The van der Waals surface area contributed by atoms with Gasteiger partial charge in [-0.2, -0.15) is 15.3 Å². The number of anilines is 1. The second kappa shape index (κ2) is 8.27. The van der Waals surface area contributed by atoms with Crippen LogP contribution in [0.1, 0.15) is 30.5 Å². The highest BCUT2D eigenvalue weighted by atomic mass is 16.2. The summed E-state index contributed by atoms with van der Waals surface area (Å²) in [5.41, 5.74) is 2.68. The molecule has 0 spiro atoms. The van der Waals surface area contributed by atoms with Gasteiger partial charge in [-0.25, -0.2) is 9.48 Å². The molecule has 1 amide bonds. The lowest BCUT2D eigenvalue weighted by atomic mass is 10.1. The molecule has 0 aliphatic heterocycles. The van der Waals surface area contributed by atoms with Gasteiger partial charge < -0.3 is 5.32 Å². The molecule has 0 bridgehead atoms. The van der Waals surface area contributed by atoms with Crippen LogP contribution in [0.5, 0.6) is 0 Å². The third-order valence-corrected chi connectivity index (χ3v) is 4.31. The van der Waals surface area contributed by atoms with Crippen LogP contribution in [-0.4, -0.2) is 20.7 Å². The maximum atomic E-state index is 12.7. The zero-order chi connectivity index (χ0) is 20.1. The Bertz CT molecular complexity index is 1100. The number of hydrogen-bond donors (Lipinski definition) is 1. The highest BCUT2D eigenvalue weighted by molar-refractivity contribution is 5.93. The molecule has 0 aliphatic rings. The SMILES string of the molecule is CC[C@@H](C(=O)Nc1cccc(C#N)c1)n1ncc(-c2ccc(C)cc2)nc1=O. The van der Waals surface area contributed by atoms with Crippen molar-refractivity contribution in [2.45, 2.75) is 26.3 Å². The van der Waals surface area contributed by atoms with Crippen LogP contribution in [0.4, 0.5) is 5.69 Å². The lowest BCUT2D eigenvalue weighted by molar-refractivity contribution is -0.119. The standard InChI is InChI=1S/C21H19N5O2/c1-3-19(20(27)24-17-6-4-5-15(11-17)12-22)26-21(28)25-18(13-23-26)16-9-7-14(2)8-10-16/h4-11,13,19H,3H2,1-2H3,(H,24,27)/t19-/m0/s1. The van der Waals surface area contributed by atoms with Crippen molar-refractivity contribution in [2.75, 3.05) is 5.32 Å². The molecule has 28 heavy (non-hydrogen) atoms. The minimum Gasteiger partial charge on any atom is -0.324 e. The summed E-state index contributed by atoms with van der Waals surface area (Å²) in [5, 5.41) is 15.9. The van der Waals surface area contributed by atoms with Gasteiger partial charge in [0.1, 0.15) is 6.04 Å². The van der Waals surface area contributed by atoms with Gasteiger partial charge in [0.25, 0.3) is 0 Å². The molecule has 1 aromatic heterocycles. The van der Waals surface area contributed by atoms with E-state index >= 15 is 0 Å². The van der Waals surface area contributed by atoms with Crippen LogP contribution in [0.25, 0.3) is 11.3 Å². The number of aromatic nitrogens is 3. The van der Waals surface area contributed by atoms with Gasteiger partial charge in [-0.3, -0.25) is 4.79 Å². The molecule has 0 fully saturated rings. The Morgan fingerprint density at radius 3 is 2.64 bits per heavy atom. The molecular formula is C21H19N5O2. The van der Waals surface area contributed by atoms with Crippen LogP contribution in [0.15, 0.2) is 59.5 Å². The topological polar surface area (TPSA) is 101 Å². The van der Waals surface area contributed by atoms with E-state index in [1.807, 2.05) is 37.3 Å². The Balaban J connectivity index is 1.85. The largest absolute Gasteiger partial charge is 0.365 e. The normalized spacial score (nSPS) is 11.5. The quantitative estimate of drug-likeness (QED) is 0.741. The highest BCUT2D eigenvalue weighted by Gasteiger charge is 2.22. The molecule has 3 rings (SSSR count). The van der Waals surface area contributed by atoms with Crippen molar-refractivity contribution in [3.8, 4) is 17.3 Å². The van der Waals surface area contributed by atoms with Crippen LogP contribution in [-0.2, 0) is 4.79 Å². The van der Waals surface area contributed by atoms with E-state index in [-0.39, 0.29) is 0 Å². The van der Waals surface area contributed by atoms with Crippen molar-refractivity contribution in [3.05, 3.63) is 76.3 Å². The number of nitrogens with one attached hydrogen (secondary N) is 1. The van der Waals surface area contributed by atoms with Gasteiger partial charge in [0.05, 0.1) is 23.5 Å². The second-order valence-electron chi connectivity index (χ2n) is 6.34. The molecule has 7 heteroatoms. The second-order valence-corrected chi connectivity index (χ2v) is 6.34. The number of carbonyl (C=O) groups is 1. The van der Waals surface area contributed by atoms with Crippen molar-refractivity contribution in [1.82, 2.24) is 14.8 Å². The molecule has 140 valence electrons. The zero-order valence-electron chi connectivity index (χ0n) is 15.6. The third-order valence-electron chi connectivity index (χ3n) is 4.31. The summed E-state index contributed by atoms with van der Waals surface area (Å²) in [4.78, 5) is 29.3. The molecule has 0 radical (unpaired) electrons. The molecule has 7 nitrogen and oxygen atoms in total. The van der Waals surface area contributed by atoms with Gasteiger partial charge in [-0.1, -0.05) is 42.8 Å². The number of benzene rings is 2. The van der Waals surface area contributed by atoms with E-state index in [9.17, 15) is 9.59 Å². The predicted octanol–water partition coefficient (Wildman–Crippen LogP) is 3.08. The molecule has 1 heterocycles. The van der Waals surface area contributed by atoms with E-state index in [0.717, 1.165) is 15.8 Å². The maximum absolute atomic E-state index is 12.7. The number of carbonyl (C=O) groups excluding carboxylic acids is 1. The summed E-state index contributed by atoms with van der Waals surface area (Å²) in [7, 11) is 0. The molecular weight excluding hydrogens is 354 g/mol. The monoisotopic (exact) mass is 373 g/mol. The Morgan fingerprint density at radius 1 is 1.25 bits per heavy atom. The van der Waals surface area contributed by atoms with E-state index in [0.29, 0.717) is 23.4 Å². The first-order chi connectivity index (χ1) is 13.5. The minimum absolute atomic E-state index is 0.363. The molecule has 1 atom stereocenters. The van der Waals surface area contributed by atoms with Crippen molar-refractivity contribution >= 4 is 11.6 Å². The highest BCUT2D eigenvalue weighted by Crippen LogP contribution is 2.17. The fourth-order valence-electron chi connectivity index (χ4n) is 2.79. The number of hydrogen-bond acceptors (Lipinski definition) is 5. The lowest BCUT2D eigenvalue weighted by Gasteiger charge is -2.16. The van der Waals surface area contributed by atoms with E-state index < -0.39 is 17.6 Å². The summed E-state index contributed by atoms with van der Waals surface area (Å²) >= 11 is 0. The molecule has 1 N–H and O–H groups in total. The number of nitriles is 1. The van der Waals surface area contributed by atoms with Gasteiger partial charge in [0, 0.05) is 11.3 Å². The van der Waals surface area contributed by atoms with Gasteiger partial charge >= 0.3 is 5.69 Å². The number of amides is 1. The van der Waals surface area contributed by atoms with Crippen molar-refractivity contribution < 1.29 is 4.79 Å². The predicted molar refractivity (Wildman–Crippen MR) is 106 cm³/mol. The van der Waals surface area contributed by atoms with Gasteiger partial charge in [-0.15, -0.1) is 0 Å². The number of aryl methyl sites for hydroxylation is 1. The molecule has 0 aliphatic carbocycles. The van der Waals surface area contributed by atoms with E-state index in [4.69, 9.17) is 5.26 Å². The van der Waals surface area contributed by atoms with Crippen LogP contribution in [0.2, 0.25) is 0 Å². The van der Waals surface area contributed by atoms with Gasteiger partial charge in [0.15, 0.2) is 0 Å². The van der Waals surface area contributed by atoms with Crippen molar-refractivity contribution in [1.29, 1.82) is 5.26 Å². The smallest absolute Gasteiger partial charge is 0.324 e. The fourth-order valence-corrected chi connectivity index (χ4v) is 2.79. The molecule has 0 saturated carbocycles. The summed E-state index contributed by atoms with van der Waals surface area (Å²) in [6.07, 6.45) is 1.85. The number of nitrogens with zero attached hydrogens (tertiary/aromatic N) is 4. The average molecular weight is 373 g/mol. The molecule has 0 unspecified atom stereocenters. The van der Waals surface area contributed by atoms with E-state index in [2.05, 4.69) is 15.4 Å². The van der Waals surface area contributed by atoms with Gasteiger partial charge in [-0.05, 0) is 31.5 Å². The van der Waals surface area contributed by atoms with Crippen LogP contribution in [0, 0.1) is 18.3 Å². The van der Waals surface area contributed by atoms with E-state index in [1.165, 1.54) is 6.20 Å². The van der Waals surface area contributed by atoms with Crippen LogP contribution >= 0.6 is 0 Å². The minimum atomic E-state index is -0.808. The summed E-state index contributed by atoms with van der Waals surface area (Å²) < 4.78 is 1.08. The Labute approximate surface area is 162 Å². The van der Waals surface area contributed by atoms with Crippen molar-refractivity contribution in [2.24, 2.45) is 0 Å². The number of rotatable bonds is 5. The maximum Gasteiger partial charge on any atom is 0.365 e. The van der Waals surface area contributed by atoms with Crippen molar-refractivity contribution in [3.63, 3.8) is 0 Å². The zero-order valence-corrected chi connectivity index (χ0v) is 15.6. The molecule has 0 saturated heterocycles. The first-order valence-electron chi connectivity index (χ1n) is 8.85. The Kier molecular flexibility index (Phi) is 5.61. The lowest BCUT2D eigenvalue weighted by Crippen LogP contribution is -2.36. The molecule has 3 aromatic rings. The summed E-state index contributed by atoms with van der Waals surface area (Å²) in [6, 6.07) is 15.4. The Hall–Kier alpha value is -3.79. The van der Waals surface area contributed by atoms with Gasteiger partial charge in [0.2, 0.25) is 5.91 Å². The molecule has 2 aromatic carbocycles. The Morgan fingerprint density at radius 2 is 2.00 bits per heavy atom. The van der Waals surface area contributed by atoms with Crippen LogP contribution in [0.3, 0.4) is 0 Å². The fraction of sp³-hybridized carbons (Fsp3) is 0.190. The summed E-state index contributed by atoms with van der Waals surface area (Å²) in [5.74, 6) is -0.392. The summed E-state index contributed by atoms with van der Waals surface area (Å²) in [6.45, 7) is 3.77. The first-order valence-corrected chi connectivity index (χ1v) is 8.85. The average Bonchev–Trinajstić information content (AvgIpc) is 2.70. The van der Waals surface area contributed by atoms with Crippen LogP contribution < -0.4 is 11.0 Å². The van der Waals surface area contributed by atoms with E-state index in [1.54, 1.807) is 31.2 Å². The third kappa shape index (κ3) is 4.13. The first kappa shape index (κ1) is 19.0.